The Morgan fingerprint density at radius 3 is 2.48 bits per heavy atom. The Kier molecular flexibility index (Phi) is 7.75. The van der Waals surface area contributed by atoms with Crippen LogP contribution in [0.15, 0.2) is 24.3 Å². The molecule has 3 N–H and O–H groups in total. The molecule has 29 heavy (non-hydrogen) atoms. The van der Waals surface area contributed by atoms with Gasteiger partial charge in [0.05, 0.1) is 6.54 Å². The van der Waals surface area contributed by atoms with Gasteiger partial charge in [0.2, 0.25) is 17.7 Å². The number of amides is 4. The molecule has 2 atom stereocenters. The highest BCUT2D eigenvalue weighted by atomic mass is 16.2. The fraction of sp³-hybridized carbons (Fsp3) is 0.524. The molecule has 8 nitrogen and oxygen atoms in total. The fourth-order valence-electron chi connectivity index (χ4n) is 3.46. The van der Waals surface area contributed by atoms with E-state index in [0.717, 1.165) is 12.0 Å². The van der Waals surface area contributed by atoms with Gasteiger partial charge in [0.25, 0.3) is 5.91 Å². The number of hydrogen-bond donors (Lipinski definition) is 3. The Balaban J connectivity index is 1.97. The van der Waals surface area contributed by atoms with Gasteiger partial charge in [-0.3, -0.25) is 19.2 Å². The average molecular weight is 402 g/mol. The molecule has 4 amide bonds. The fourth-order valence-corrected chi connectivity index (χ4v) is 3.46. The first-order chi connectivity index (χ1) is 13.8. The number of likely N-dealkylation sites (N-methyl/N-ethyl adjacent to an activating group) is 1. The number of nitrogens with one attached hydrogen (secondary N) is 3. The summed E-state index contributed by atoms with van der Waals surface area (Å²) >= 11 is 0. The van der Waals surface area contributed by atoms with E-state index in [1.807, 2.05) is 32.9 Å². The molecule has 1 aliphatic rings. The molecule has 158 valence electrons. The molecular weight excluding hydrogens is 372 g/mol. The van der Waals surface area contributed by atoms with E-state index in [1.165, 1.54) is 11.9 Å². The summed E-state index contributed by atoms with van der Waals surface area (Å²) in [5.41, 5.74) is 1.32. The third-order valence-corrected chi connectivity index (χ3v) is 5.16. The van der Waals surface area contributed by atoms with Crippen LogP contribution in [-0.2, 0) is 14.4 Å². The number of aryl methyl sites for hydroxylation is 1. The third-order valence-electron chi connectivity index (χ3n) is 5.16. The van der Waals surface area contributed by atoms with Crippen molar-refractivity contribution in [3.8, 4) is 0 Å². The lowest BCUT2D eigenvalue weighted by Gasteiger charge is -2.25. The van der Waals surface area contributed by atoms with Crippen LogP contribution in [0.3, 0.4) is 0 Å². The largest absolute Gasteiger partial charge is 0.357 e. The van der Waals surface area contributed by atoms with Gasteiger partial charge in [-0.05, 0) is 37.3 Å². The molecule has 0 aromatic heterocycles. The molecule has 0 radical (unpaired) electrons. The van der Waals surface area contributed by atoms with E-state index in [-0.39, 0.29) is 30.2 Å². The molecule has 0 saturated carbocycles. The number of likely N-dealkylation sites (tertiary alicyclic amines) is 1. The van der Waals surface area contributed by atoms with Crippen LogP contribution < -0.4 is 16.0 Å². The molecular formula is C21H30N4O4. The van der Waals surface area contributed by atoms with Gasteiger partial charge in [-0.25, -0.2) is 0 Å². The zero-order chi connectivity index (χ0) is 21.6. The van der Waals surface area contributed by atoms with E-state index < -0.39 is 18.0 Å². The summed E-state index contributed by atoms with van der Waals surface area (Å²) in [6.45, 7) is 5.76. The zero-order valence-electron chi connectivity index (χ0n) is 17.5. The predicted molar refractivity (Wildman–Crippen MR) is 109 cm³/mol. The maximum absolute atomic E-state index is 12.7. The second-order valence-electron chi connectivity index (χ2n) is 7.59. The van der Waals surface area contributed by atoms with Crippen molar-refractivity contribution in [1.29, 1.82) is 0 Å². The molecule has 1 saturated heterocycles. The van der Waals surface area contributed by atoms with Crippen LogP contribution in [0.1, 0.15) is 42.6 Å². The van der Waals surface area contributed by atoms with Crippen molar-refractivity contribution in [2.45, 2.75) is 45.7 Å². The van der Waals surface area contributed by atoms with E-state index in [2.05, 4.69) is 16.0 Å². The van der Waals surface area contributed by atoms with E-state index in [9.17, 15) is 19.2 Å². The van der Waals surface area contributed by atoms with Crippen LogP contribution in [-0.4, -0.2) is 60.7 Å². The number of nitrogens with zero attached hydrogens (tertiary/aromatic N) is 1. The molecule has 0 bridgehead atoms. The quantitative estimate of drug-likeness (QED) is 0.621. The molecule has 0 aliphatic carbocycles. The minimum absolute atomic E-state index is 0.163. The van der Waals surface area contributed by atoms with Crippen molar-refractivity contribution in [3.63, 3.8) is 0 Å². The second-order valence-corrected chi connectivity index (χ2v) is 7.59. The summed E-state index contributed by atoms with van der Waals surface area (Å²) in [5, 5.41) is 7.94. The van der Waals surface area contributed by atoms with Gasteiger partial charge < -0.3 is 20.9 Å². The SMILES string of the molecule is CNC(=O)C1CCCN1C(=O)CNC(=O)C(NC(=O)c1ccccc1C)C(C)C. The predicted octanol–water partition coefficient (Wildman–Crippen LogP) is 0.603. The normalized spacial score (nSPS) is 17.0. The van der Waals surface area contributed by atoms with Gasteiger partial charge in [0.1, 0.15) is 12.1 Å². The van der Waals surface area contributed by atoms with E-state index in [0.29, 0.717) is 18.5 Å². The smallest absolute Gasteiger partial charge is 0.252 e. The molecule has 2 unspecified atom stereocenters. The van der Waals surface area contributed by atoms with E-state index in [4.69, 9.17) is 0 Å². The van der Waals surface area contributed by atoms with Gasteiger partial charge in [-0.2, -0.15) is 0 Å². The molecule has 8 heteroatoms. The average Bonchev–Trinajstić information content (AvgIpc) is 3.19. The first kappa shape index (κ1) is 22.4. The molecule has 0 spiro atoms. The third kappa shape index (κ3) is 5.56. The van der Waals surface area contributed by atoms with Gasteiger partial charge in [-0.15, -0.1) is 0 Å². The van der Waals surface area contributed by atoms with Crippen molar-refractivity contribution < 1.29 is 19.2 Å². The van der Waals surface area contributed by atoms with E-state index in [1.54, 1.807) is 12.1 Å². The monoisotopic (exact) mass is 402 g/mol. The van der Waals surface area contributed by atoms with Gasteiger partial charge in [-0.1, -0.05) is 32.0 Å². The molecule has 2 rings (SSSR count). The van der Waals surface area contributed by atoms with Crippen molar-refractivity contribution >= 4 is 23.6 Å². The summed E-state index contributed by atoms with van der Waals surface area (Å²) < 4.78 is 0. The van der Waals surface area contributed by atoms with Crippen molar-refractivity contribution in [1.82, 2.24) is 20.9 Å². The Bertz CT molecular complexity index is 778. The highest BCUT2D eigenvalue weighted by molar-refractivity contribution is 5.99. The highest BCUT2D eigenvalue weighted by Gasteiger charge is 2.34. The first-order valence-corrected chi connectivity index (χ1v) is 9.91. The maximum Gasteiger partial charge on any atom is 0.252 e. The molecule has 1 aromatic carbocycles. The lowest BCUT2D eigenvalue weighted by molar-refractivity contribution is -0.138. The molecule has 1 aliphatic heterocycles. The van der Waals surface area contributed by atoms with Crippen LogP contribution >= 0.6 is 0 Å². The maximum atomic E-state index is 12.7. The van der Waals surface area contributed by atoms with Gasteiger partial charge in [0, 0.05) is 19.2 Å². The second kappa shape index (κ2) is 10.0. The van der Waals surface area contributed by atoms with Crippen LogP contribution in [0.2, 0.25) is 0 Å². The summed E-state index contributed by atoms with van der Waals surface area (Å²) in [7, 11) is 1.54. The Labute approximate surface area is 171 Å². The highest BCUT2D eigenvalue weighted by Crippen LogP contribution is 2.17. The molecule has 1 heterocycles. The minimum atomic E-state index is -0.775. The Morgan fingerprint density at radius 2 is 1.86 bits per heavy atom. The molecule has 1 fully saturated rings. The summed E-state index contributed by atoms with van der Waals surface area (Å²) in [6.07, 6.45) is 1.36. The summed E-state index contributed by atoms with van der Waals surface area (Å²) in [4.78, 5) is 51.1. The minimum Gasteiger partial charge on any atom is -0.357 e. The number of carbonyl (C=O) groups is 4. The standard InChI is InChI=1S/C21H30N4O4/c1-13(2)18(24-19(27)15-9-6-5-8-14(15)3)21(29)23-12-17(26)25-11-7-10-16(25)20(28)22-4/h5-6,8-9,13,16,18H,7,10-12H2,1-4H3,(H,22,28)(H,23,29)(H,24,27). The summed E-state index contributed by atoms with van der Waals surface area (Å²) in [6, 6.07) is 5.88. The van der Waals surface area contributed by atoms with Crippen LogP contribution in [0, 0.1) is 12.8 Å². The zero-order valence-corrected chi connectivity index (χ0v) is 17.5. The van der Waals surface area contributed by atoms with Crippen molar-refractivity contribution in [2.24, 2.45) is 5.92 Å². The Morgan fingerprint density at radius 1 is 1.17 bits per heavy atom. The number of carbonyl (C=O) groups excluding carboxylic acids is 4. The van der Waals surface area contributed by atoms with Crippen molar-refractivity contribution in [2.75, 3.05) is 20.1 Å². The van der Waals surface area contributed by atoms with Gasteiger partial charge >= 0.3 is 0 Å². The first-order valence-electron chi connectivity index (χ1n) is 9.91. The van der Waals surface area contributed by atoms with Crippen LogP contribution in [0.25, 0.3) is 0 Å². The number of rotatable bonds is 7. The van der Waals surface area contributed by atoms with Crippen molar-refractivity contribution in [3.05, 3.63) is 35.4 Å². The number of hydrogen-bond acceptors (Lipinski definition) is 4. The summed E-state index contributed by atoms with van der Waals surface area (Å²) in [5.74, 6) is -1.43. The lowest BCUT2D eigenvalue weighted by atomic mass is 10.0. The topological polar surface area (TPSA) is 108 Å². The number of benzene rings is 1. The van der Waals surface area contributed by atoms with E-state index >= 15 is 0 Å². The van der Waals surface area contributed by atoms with Gasteiger partial charge in [0.15, 0.2) is 0 Å². The lowest BCUT2D eigenvalue weighted by Crippen LogP contribution is -2.53. The van der Waals surface area contributed by atoms with Crippen LogP contribution in [0.5, 0.6) is 0 Å². The van der Waals surface area contributed by atoms with Crippen LogP contribution in [0.4, 0.5) is 0 Å². The Hall–Kier alpha value is -2.90. The molecule has 1 aromatic rings.